The molecule has 3 aliphatic rings. The van der Waals surface area contributed by atoms with Crippen molar-refractivity contribution in [3.63, 3.8) is 0 Å². The first-order valence-corrected chi connectivity index (χ1v) is 10.2. The zero-order valence-corrected chi connectivity index (χ0v) is 15.2. The SMILES string of the molecule is CC1CCC(C2CCC(C(F)(F)OC3CCC(F)C(F)C3)CC2)CC1. The van der Waals surface area contributed by atoms with Crippen molar-refractivity contribution in [2.24, 2.45) is 23.7 Å². The minimum absolute atomic E-state index is 0.0191. The van der Waals surface area contributed by atoms with Gasteiger partial charge in [-0.15, -0.1) is 0 Å². The number of halogens is 4. The van der Waals surface area contributed by atoms with Crippen LogP contribution in [0.3, 0.4) is 0 Å². The Morgan fingerprint density at radius 2 is 1.28 bits per heavy atom. The lowest BCUT2D eigenvalue weighted by atomic mass is 9.69. The minimum atomic E-state index is -3.21. The zero-order valence-electron chi connectivity index (χ0n) is 15.2. The van der Waals surface area contributed by atoms with Gasteiger partial charge >= 0.3 is 6.11 Å². The number of rotatable bonds is 4. The minimum Gasteiger partial charge on any atom is -0.317 e. The molecule has 0 amide bonds. The maximum absolute atomic E-state index is 14.5. The second-order valence-electron chi connectivity index (χ2n) is 8.78. The molecule has 3 fully saturated rings. The van der Waals surface area contributed by atoms with Gasteiger partial charge in [-0.2, -0.15) is 8.78 Å². The van der Waals surface area contributed by atoms with Crippen LogP contribution in [0.2, 0.25) is 0 Å². The largest absolute Gasteiger partial charge is 0.358 e. The third-order valence-electron chi connectivity index (χ3n) is 6.94. The van der Waals surface area contributed by atoms with Gasteiger partial charge in [0.1, 0.15) is 12.3 Å². The van der Waals surface area contributed by atoms with Crippen LogP contribution in [0, 0.1) is 23.7 Å². The van der Waals surface area contributed by atoms with E-state index in [0.29, 0.717) is 24.7 Å². The fraction of sp³-hybridized carbons (Fsp3) is 1.00. The summed E-state index contributed by atoms with van der Waals surface area (Å²) in [6.45, 7) is 2.30. The van der Waals surface area contributed by atoms with Crippen molar-refractivity contribution < 1.29 is 22.3 Å². The monoisotopic (exact) mass is 364 g/mol. The fourth-order valence-corrected chi connectivity index (χ4v) is 5.15. The molecule has 146 valence electrons. The Morgan fingerprint density at radius 1 is 0.720 bits per heavy atom. The van der Waals surface area contributed by atoms with Crippen molar-refractivity contribution in [2.75, 3.05) is 0 Å². The Bertz CT molecular complexity index is 414. The molecule has 5 heteroatoms. The van der Waals surface area contributed by atoms with Gasteiger partial charge in [-0.1, -0.05) is 19.8 Å². The number of hydrogen-bond donors (Lipinski definition) is 0. The Hall–Kier alpha value is -0.320. The van der Waals surface area contributed by atoms with Gasteiger partial charge in [-0.05, 0) is 69.1 Å². The lowest BCUT2D eigenvalue weighted by molar-refractivity contribution is -0.304. The summed E-state index contributed by atoms with van der Waals surface area (Å²) in [5.41, 5.74) is 0. The highest BCUT2D eigenvalue weighted by molar-refractivity contribution is 4.86. The maximum Gasteiger partial charge on any atom is 0.358 e. The van der Waals surface area contributed by atoms with Crippen LogP contribution in [0.1, 0.15) is 77.6 Å². The van der Waals surface area contributed by atoms with Crippen molar-refractivity contribution in [1.82, 2.24) is 0 Å². The van der Waals surface area contributed by atoms with Crippen molar-refractivity contribution >= 4 is 0 Å². The summed E-state index contributed by atoms with van der Waals surface area (Å²) in [7, 11) is 0. The Balaban J connectivity index is 1.46. The van der Waals surface area contributed by atoms with E-state index in [2.05, 4.69) is 6.92 Å². The lowest BCUT2D eigenvalue weighted by Gasteiger charge is -2.40. The van der Waals surface area contributed by atoms with Crippen molar-refractivity contribution in [3.05, 3.63) is 0 Å². The van der Waals surface area contributed by atoms with E-state index in [1.807, 2.05) is 0 Å². The number of ether oxygens (including phenoxy) is 1. The van der Waals surface area contributed by atoms with Crippen LogP contribution in [-0.2, 0) is 4.74 Å². The van der Waals surface area contributed by atoms with Crippen LogP contribution in [0.4, 0.5) is 17.6 Å². The Labute approximate surface area is 148 Å². The molecule has 3 atom stereocenters. The van der Waals surface area contributed by atoms with E-state index in [9.17, 15) is 17.6 Å². The topological polar surface area (TPSA) is 9.23 Å². The molecule has 0 aromatic carbocycles. The van der Waals surface area contributed by atoms with Crippen LogP contribution >= 0.6 is 0 Å². The lowest BCUT2D eigenvalue weighted by Crippen LogP contribution is -2.42. The van der Waals surface area contributed by atoms with Crippen LogP contribution in [-0.4, -0.2) is 24.6 Å². The van der Waals surface area contributed by atoms with Gasteiger partial charge in [0.25, 0.3) is 0 Å². The molecule has 0 bridgehead atoms. The summed E-state index contributed by atoms with van der Waals surface area (Å²) in [5.74, 6) is 1.33. The van der Waals surface area contributed by atoms with Gasteiger partial charge in [0.15, 0.2) is 0 Å². The molecule has 0 radical (unpaired) electrons. The second-order valence-corrected chi connectivity index (χ2v) is 8.78. The first-order chi connectivity index (χ1) is 11.8. The fourth-order valence-electron chi connectivity index (χ4n) is 5.15. The van der Waals surface area contributed by atoms with Crippen LogP contribution in [0.15, 0.2) is 0 Å². The first-order valence-electron chi connectivity index (χ1n) is 10.2. The average Bonchev–Trinajstić information content (AvgIpc) is 2.59. The smallest absolute Gasteiger partial charge is 0.317 e. The molecule has 3 aliphatic carbocycles. The third-order valence-corrected chi connectivity index (χ3v) is 6.94. The summed E-state index contributed by atoms with van der Waals surface area (Å²) >= 11 is 0. The van der Waals surface area contributed by atoms with Gasteiger partial charge < -0.3 is 4.74 Å². The van der Waals surface area contributed by atoms with Crippen molar-refractivity contribution in [2.45, 2.75) is 102 Å². The molecule has 0 saturated heterocycles. The third kappa shape index (κ3) is 4.90. The van der Waals surface area contributed by atoms with Gasteiger partial charge in [0, 0.05) is 6.42 Å². The highest BCUT2D eigenvalue weighted by Gasteiger charge is 2.46. The maximum atomic E-state index is 14.5. The van der Waals surface area contributed by atoms with E-state index >= 15 is 0 Å². The van der Waals surface area contributed by atoms with E-state index < -0.39 is 30.5 Å². The van der Waals surface area contributed by atoms with Crippen molar-refractivity contribution in [1.29, 1.82) is 0 Å². The molecular weight excluding hydrogens is 332 g/mol. The van der Waals surface area contributed by atoms with E-state index in [4.69, 9.17) is 4.74 Å². The summed E-state index contributed by atoms with van der Waals surface area (Å²) in [5, 5.41) is 0. The Kier molecular flexibility index (Phi) is 6.33. The molecule has 0 aromatic rings. The molecule has 3 rings (SSSR count). The van der Waals surface area contributed by atoms with Gasteiger partial charge in [-0.25, -0.2) is 8.78 Å². The van der Waals surface area contributed by atoms with Crippen LogP contribution in [0.5, 0.6) is 0 Å². The predicted molar refractivity (Wildman–Crippen MR) is 90.0 cm³/mol. The molecule has 3 unspecified atom stereocenters. The van der Waals surface area contributed by atoms with Gasteiger partial charge in [0.05, 0.1) is 12.0 Å². The highest BCUT2D eigenvalue weighted by atomic mass is 19.3. The van der Waals surface area contributed by atoms with E-state index in [1.54, 1.807) is 0 Å². The molecule has 0 aliphatic heterocycles. The molecule has 25 heavy (non-hydrogen) atoms. The average molecular weight is 364 g/mol. The summed E-state index contributed by atoms with van der Waals surface area (Å²) in [4.78, 5) is 0. The highest BCUT2D eigenvalue weighted by Crippen LogP contribution is 2.46. The van der Waals surface area contributed by atoms with E-state index in [1.165, 1.54) is 25.7 Å². The van der Waals surface area contributed by atoms with Gasteiger partial charge in [-0.3, -0.25) is 0 Å². The zero-order chi connectivity index (χ0) is 18.0. The van der Waals surface area contributed by atoms with E-state index in [-0.39, 0.29) is 19.3 Å². The summed E-state index contributed by atoms with van der Waals surface area (Å²) in [6, 6.07) is 0. The molecule has 1 nitrogen and oxygen atoms in total. The molecule has 0 N–H and O–H groups in total. The number of hydrogen-bond acceptors (Lipinski definition) is 1. The molecular formula is C20H32F4O. The molecule has 0 heterocycles. The van der Waals surface area contributed by atoms with E-state index in [0.717, 1.165) is 18.8 Å². The molecule has 3 saturated carbocycles. The normalized spacial score (nSPS) is 43.8. The molecule has 0 spiro atoms. The first kappa shape index (κ1) is 19.4. The van der Waals surface area contributed by atoms with Crippen LogP contribution in [0.25, 0.3) is 0 Å². The second kappa shape index (κ2) is 8.14. The number of alkyl halides is 4. The standard InChI is InChI=1S/C20H32F4O/c1-13-2-4-14(5-3-13)15-6-8-16(9-7-15)20(23,24)25-17-10-11-18(21)19(22)12-17/h13-19H,2-12H2,1H3. The molecule has 0 aromatic heterocycles. The van der Waals surface area contributed by atoms with Crippen molar-refractivity contribution in [3.8, 4) is 0 Å². The van der Waals surface area contributed by atoms with Crippen LogP contribution < -0.4 is 0 Å². The summed E-state index contributed by atoms with van der Waals surface area (Å²) < 4.78 is 60.6. The quantitative estimate of drug-likeness (QED) is 0.520. The van der Waals surface area contributed by atoms with Gasteiger partial charge in [0.2, 0.25) is 0 Å². The Morgan fingerprint density at radius 3 is 1.84 bits per heavy atom. The summed E-state index contributed by atoms with van der Waals surface area (Å²) in [6.07, 6.45) is 0.377. The predicted octanol–water partition coefficient (Wildman–Crippen LogP) is 6.46.